The molecule has 3 heterocycles. The van der Waals surface area contributed by atoms with E-state index in [1.54, 1.807) is 29.1 Å². The van der Waals surface area contributed by atoms with Gasteiger partial charge in [-0.2, -0.15) is 4.99 Å². The zero-order valence-corrected chi connectivity index (χ0v) is 25.9. The van der Waals surface area contributed by atoms with Gasteiger partial charge in [0.25, 0.3) is 5.96 Å². The normalized spacial score (nSPS) is 20.7. The van der Waals surface area contributed by atoms with Crippen molar-refractivity contribution in [1.29, 1.82) is 0 Å². The van der Waals surface area contributed by atoms with E-state index in [1.165, 1.54) is 17.5 Å². The average molecular weight is 621 g/mol. The summed E-state index contributed by atoms with van der Waals surface area (Å²) in [7, 11) is 0. The summed E-state index contributed by atoms with van der Waals surface area (Å²) in [5.41, 5.74) is 12.2. The number of nitroso groups, excluding NO2 is 1. The molecule has 0 saturated heterocycles. The Hall–Kier alpha value is -5.07. The standard InChI is InChI=1S/C33H36N10OS/c1-23-18-38-33(42-44)43(22-39-32(41-31(23)34)37-21-25-7-4-3-5-8-25)16-6-9-29-24(2)40-28-11-10-27(17-30(28)45-29)20-36-19-26-12-14-35-15-13-26/h3-5,7-15,17,22,36,40H,2,6,16,18-21,34H2,1H3,(H,37,41)/b29-9+,31-23+,38-33-,39-22+. The van der Waals surface area contributed by atoms with Crippen molar-refractivity contribution in [3.8, 4) is 0 Å². The summed E-state index contributed by atoms with van der Waals surface area (Å²) in [6.07, 6.45) is 7.81. The Morgan fingerprint density at radius 3 is 2.64 bits per heavy atom. The van der Waals surface area contributed by atoms with Crippen LogP contribution >= 0.6 is 11.8 Å². The lowest BCUT2D eigenvalue weighted by Crippen LogP contribution is -2.32. The van der Waals surface area contributed by atoms with Gasteiger partial charge in [-0.3, -0.25) is 9.88 Å². The van der Waals surface area contributed by atoms with Gasteiger partial charge in [-0.15, -0.1) is 4.91 Å². The van der Waals surface area contributed by atoms with Gasteiger partial charge < -0.3 is 21.7 Å². The third kappa shape index (κ3) is 8.97. The lowest BCUT2D eigenvalue weighted by atomic mass is 10.2. The predicted molar refractivity (Wildman–Crippen MR) is 183 cm³/mol. The lowest BCUT2D eigenvalue weighted by Gasteiger charge is -2.23. The SMILES string of the molecule is C=C1Nc2ccc(CNCc3ccncc3)cc2S/C1=C/CCN1/C=N/C(NCc2ccccc2)=N\C(N)=C(/C)C/N=C\1N=O. The van der Waals surface area contributed by atoms with Crippen molar-refractivity contribution in [1.82, 2.24) is 20.5 Å². The van der Waals surface area contributed by atoms with Crippen LogP contribution in [0.1, 0.15) is 30.0 Å². The van der Waals surface area contributed by atoms with Crippen LogP contribution in [0, 0.1) is 4.91 Å². The van der Waals surface area contributed by atoms with E-state index in [2.05, 4.69) is 71.9 Å². The first-order chi connectivity index (χ1) is 22.0. The van der Waals surface area contributed by atoms with Gasteiger partial charge in [0.2, 0.25) is 5.96 Å². The minimum Gasteiger partial charge on any atom is -0.384 e. The van der Waals surface area contributed by atoms with Gasteiger partial charge in [0.05, 0.1) is 12.2 Å². The number of guanidine groups is 2. The van der Waals surface area contributed by atoms with Crippen LogP contribution in [0.4, 0.5) is 5.69 Å². The van der Waals surface area contributed by atoms with E-state index in [1.807, 2.05) is 49.4 Å². The Morgan fingerprint density at radius 1 is 1.07 bits per heavy atom. The number of rotatable bonds is 9. The average Bonchev–Trinajstić information content (AvgIpc) is 3.06. The molecule has 0 radical (unpaired) electrons. The summed E-state index contributed by atoms with van der Waals surface area (Å²) in [6, 6.07) is 20.3. The molecule has 0 atom stereocenters. The molecule has 0 fully saturated rings. The molecule has 0 saturated carbocycles. The van der Waals surface area contributed by atoms with Crippen LogP contribution in [0.15, 0.2) is 133 Å². The molecule has 0 aliphatic carbocycles. The summed E-state index contributed by atoms with van der Waals surface area (Å²) in [5, 5.41) is 13.3. The number of thioether (sulfide) groups is 1. The van der Waals surface area contributed by atoms with Gasteiger partial charge in [0.1, 0.15) is 12.2 Å². The van der Waals surface area contributed by atoms with Crippen LogP contribution in [-0.4, -0.2) is 41.2 Å². The number of hydrogen-bond donors (Lipinski definition) is 4. The number of benzene rings is 2. The fourth-order valence-electron chi connectivity index (χ4n) is 4.50. The number of aromatic nitrogens is 1. The maximum atomic E-state index is 11.8. The zero-order chi connectivity index (χ0) is 31.4. The molecule has 5 N–H and O–H groups in total. The van der Waals surface area contributed by atoms with Gasteiger partial charge in [0, 0.05) is 59.2 Å². The molecular weight excluding hydrogens is 584 g/mol. The summed E-state index contributed by atoms with van der Waals surface area (Å²) in [4.78, 5) is 33.0. The number of aliphatic imine (C=N–C) groups is 3. The van der Waals surface area contributed by atoms with E-state index >= 15 is 0 Å². The van der Waals surface area contributed by atoms with Crippen molar-refractivity contribution in [2.24, 2.45) is 25.9 Å². The second kappa shape index (κ2) is 15.6. The third-order valence-corrected chi connectivity index (χ3v) is 8.22. The molecule has 45 heavy (non-hydrogen) atoms. The van der Waals surface area contributed by atoms with E-state index in [-0.39, 0.29) is 12.5 Å². The molecule has 0 spiro atoms. The highest BCUT2D eigenvalue weighted by Crippen LogP contribution is 2.42. The fraction of sp³-hybridized carbons (Fsp3) is 0.212. The van der Waals surface area contributed by atoms with Gasteiger partial charge in [-0.05, 0) is 59.9 Å². The Labute approximate surface area is 267 Å². The second-order valence-corrected chi connectivity index (χ2v) is 11.5. The van der Waals surface area contributed by atoms with Crippen LogP contribution in [0.25, 0.3) is 0 Å². The Morgan fingerprint density at radius 2 is 1.84 bits per heavy atom. The van der Waals surface area contributed by atoms with E-state index in [4.69, 9.17) is 5.73 Å². The maximum Gasteiger partial charge on any atom is 0.268 e. The molecule has 230 valence electrons. The summed E-state index contributed by atoms with van der Waals surface area (Å²) in [5.74, 6) is 0.647. The maximum absolute atomic E-state index is 11.8. The number of anilines is 1. The van der Waals surface area contributed by atoms with Gasteiger partial charge in [-0.1, -0.05) is 60.8 Å². The minimum absolute atomic E-state index is 0.0242. The van der Waals surface area contributed by atoms with Crippen molar-refractivity contribution in [3.63, 3.8) is 0 Å². The van der Waals surface area contributed by atoms with E-state index in [0.717, 1.165) is 39.8 Å². The van der Waals surface area contributed by atoms with E-state index in [0.29, 0.717) is 36.9 Å². The van der Waals surface area contributed by atoms with Crippen LogP contribution in [0.3, 0.4) is 0 Å². The highest BCUT2D eigenvalue weighted by Gasteiger charge is 2.18. The molecule has 0 bridgehead atoms. The predicted octanol–water partition coefficient (Wildman–Crippen LogP) is 5.48. The lowest BCUT2D eigenvalue weighted by molar-refractivity contribution is 0.617. The number of nitrogens with zero attached hydrogens (tertiary/aromatic N) is 6. The highest BCUT2D eigenvalue weighted by molar-refractivity contribution is 8.03. The van der Waals surface area contributed by atoms with Crippen molar-refractivity contribution < 1.29 is 0 Å². The largest absolute Gasteiger partial charge is 0.384 e. The summed E-state index contributed by atoms with van der Waals surface area (Å²) in [6.45, 7) is 8.69. The Balaban J connectivity index is 1.25. The first kappa shape index (κ1) is 31.4. The molecule has 2 aliphatic heterocycles. The second-order valence-electron chi connectivity index (χ2n) is 10.4. The minimum atomic E-state index is 0.0242. The van der Waals surface area contributed by atoms with Crippen molar-refractivity contribution >= 4 is 35.7 Å². The molecule has 2 aliphatic rings. The first-order valence-corrected chi connectivity index (χ1v) is 15.4. The molecule has 0 amide bonds. The number of nitrogens with two attached hydrogens (primary N) is 1. The Kier molecular flexibility index (Phi) is 10.9. The van der Waals surface area contributed by atoms with E-state index < -0.39 is 0 Å². The zero-order valence-electron chi connectivity index (χ0n) is 25.1. The monoisotopic (exact) mass is 620 g/mol. The molecule has 2 aromatic carbocycles. The number of pyridine rings is 1. The number of fused-ring (bicyclic) bond motifs is 1. The van der Waals surface area contributed by atoms with Gasteiger partial charge in [0.15, 0.2) is 0 Å². The molecule has 5 rings (SSSR count). The topological polar surface area (TPSA) is 145 Å². The van der Waals surface area contributed by atoms with E-state index in [9.17, 15) is 4.91 Å². The molecule has 0 unspecified atom stereocenters. The van der Waals surface area contributed by atoms with Crippen molar-refractivity contribution in [2.45, 2.75) is 37.9 Å². The molecule has 3 aromatic rings. The smallest absolute Gasteiger partial charge is 0.268 e. The first-order valence-electron chi connectivity index (χ1n) is 14.6. The molecular formula is C33H36N10OS. The van der Waals surface area contributed by atoms with Gasteiger partial charge in [-0.25, -0.2) is 9.98 Å². The molecule has 11 nitrogen and oxygen atoms in total. The van der Waals surface area contributed by atoms with Crippen molar-refractivity contribution in [3.05, 3.63) is 129 Å². The molecule has 12 heteroatoms. The third-order valence-electron chi connectivity index (χ3n) is 7.03. The number of nitrogens with one attached hydrogen (secondary N) is 3. The quantitative estimate of drug-likeness (QED) is 0.230. The number of hydrogen-bond acceptors (Lipinski definition) is 12. The van der Waals surface area contributed by atoms with Crippen LogP contribution < -0.4 is 21.7 Å². The Bertz CT molecular complexity index is 1670. The van der Waals surface area contributed by atoms with Crippen LogP contribution in [0.2, 0.25) is 0 Å². The van der Waals surface area contributed by atoms with Crippen LogP contribution in [-0.2, 0) is 19.6 Å². The van der Waals surface area contributed by atoms with Gasteiger partial charge >= 0.3 is 0 Å². The molecule has 1 aromatic heterocycles. The fourth-order valence-corrected chi connectivity index (χ4v) is 5.55. The summed E-state index contributed by atoms with van der Waals surface area (Å²) >= 11 is 1.67. The highest BCUT2D eigenvalue weighted by atomic mass is 32.2. The van der Waals surface area contributed by atoms with Crippen molar-refractivity contribution in [2.75, 3.05) is 18.4 Å². The van der Waals surface area contributed by atoms with Crippen LogP contribution in [0.5, 0.6) is 0 Å². The summed E-state index contributed by atoms with van der Waals surface area (Å²) < 4.78 is 0.